The summed E-state index contributed by atoms with van der Waals surface area (Å²) in [5.41, 5.74) is 1.83. The number of piperazine rings is 1. The third-order valence-electron chi connectivity index (χ3n) is 5.00. The number of carbonyl (C=O) groups is 2. The maximum atomic E-state index is 12.5. The highest BCUT2D eigenvalue weighted by Crippen LogP contribution is 2.31. The molecule has 6 nitrogen and oxygen atoms in total. The van der Waals surface area contributed by atoms with Gasteiger partial charge in [0.15, 0.2) is 5.16 Å². The molecule has 1 aromatic heterocycles. The molecule has 2 fully saturated rings. The van der Waals surface area contributed by atoms with E-state index in [1.807, 2.05) is 39.6 Å². The summed E-state index contributed by atoms with van der Waals surface area (Å²) in [6, 6.07) is 5.61. The van der Waals surface area contributed by atoms with E-state index in [9.17, 15) is 9.59 Å². The monoisotopic (exact) mass is 392 g/mol. The van der Waals surface area contributed by atoms with Crippen LogP contribution in [0.15, 0.2) is 23.4 Å². The Kier molecular flexibility index (Phi) is 4.84. The molecule has 0 radical (unpaired) electrons. The number of nitrogens with zero attached hydrogens (tertiary/aromatic N) is 4. The molecule has 0 bridgehead atoms. The number of aryl methyl sites for hydroxylation is 1. The van der Waals surface area contributed by atoms with Crippen molar-refractivity contribution >= 4 is 46.2 Å². The molecule has 1 saturated heterocycles. The summed E-state index contributed by atoms with van der Waals surface area (Å²) in [6.07, 6.45) is 2.05. The van der Waals surface area contributed by atoms with E-state index in [0.29, 0.717) is 37.0 Å². The largest absolute Gasteiger partial charge is 0.339 e. The smallest absolute Gasteiger partial charge is 0.233 e. The van der Waals surface area contributed by atoms with E-state index in [0.717, 1.165) is 29.0 Å². The Morgan fingerprint density at radius 2 is 1.88 bits per heavy atom. The first-order chi connectivity index (χ1) is 12.5. The summed E-state index contributed by atoms with van der Waals surface area (Å²) in [5.74, 6) is 0.962. The molecule has 8 heteroatoms. The third kappa shape index (κ3) is 3.55. The number of amides is 2. The normalized spacial score (nSPS) is 17.8. The first-order valence-electron chi connectivity index (χ1n) is 8.84. The maximum Gasteiger partial charge on any atom is 0.233 e. The Hall–Kier alpha value is -1.73. The molecule has 1 aliphatic carbocycles. The second-order valence-electron chi connectivity index (χ2n) is 6.86. The fourth-order valence-electron chi connectivity index (χ4n) is 3.26. The van der Waals surface area contributed by atoms with E-state index in [4.69, 9.17) is 11.6 Å². The minimum atomic E-state index is 0.0959. The van der Waals surface area contributed by atoms with Crippen molar-refractivity contribution in [1.82, 2.24) is 19.4 Å². The number of aromatic nitrogens is 2. The highest BCUT2D eigenvalue weighted by atomic mass is 35.5. The van der Waals surface area contributed by atoms with Crippen molar-refractivity contribution in [3.63, 3.8) is 0 Å². The Morgan fingerprint density at radius 1 is 1.19 bits per heavy atom. The number of imidazole rings is 1. The summed E-state index contributed by atoms with van der Waals surface area (Å²) < 4.78 is 1.98. The van der Waals surface area contributed by atoms with Crippen molar-refractivity contribution in [3.8, 4) is 0 Å². The van der Waals surface area contributed by atoms with Gasteiger partial charge in [0.1, 0.15) is 0 Å². The molecule has 0 spiro atoms. The lowest BCUT2D eigenvalue weighted by Crippen LogP contribution is -2.51. The minimum absolute atomic E-state index is 0.0959. The summed E-state index contributed by atoms with van der Waals surface area (Å²) >= 11 is 7.46. The van der Waals surface area contributed by atoms with Gasteiger partial charge in [-0.2, -0.15) is 0 Å². The standard InChI is InChI=1S/C18H21ClN4O2S/c1-21-15-5-4-13(19)10-14(15)20-18(21)26-11-16(24)22-6-8-23(9-7-22)17(25)12-2-3-12/h4-5,10,12H,2-3,6-9,11H2,1H3. The first kappa shape index (κ1) is 17.7. The van der Waals surface area contributed by atoms with Gasteiger partial charge >= 0.3 is 0 Å². The Labute approximate surface area is 161 Å². The zero-order chi connectivity index (χ0) is 18.3. The predicted octanol–water partition coefficient (Wildman–Crippen LogP) is 2.40. The number of thioether (sulfide) groups is 1. The van der Waals surface area contributed by atoms with Crippen molar-refractivity contribution in [2.45, 2.75) is 18.0 Å². The number of rotatable bonds is 4. The summed E-state index contributed by atoms with van der Waals surface area (Å²) in [4.78, 5) is 32.9. The van der Waals surface area contributed by atoms with Gasteiger partial charge in [-0.05, 0) is 31.0 Å². The van der Waals surface area contributed by atoms with Crippen molar-refractivity contribution in [3.05, 3.63) is 23.2 Å². The van der Waals surface area contributed by atoms with Gasteiger partial charge in [0, 0.05) is 44.2 Å². The van der Waals surface area contributed by atoms with E-state index < -0.39 is 0 Å². The first-order valence-corrected chi connectivity index (χ1v) is 10.2. The van der Waals surface area contributed by atoms with E-state index >= 15 is 0 Å². The van der Waals surface area contributed by atoms with E-state index in [-0.39, 0.29) is 17.7 Å². The molecule has 1 aliphatic heterocycles. The average molecular weight is 393 g/mol. The summed E-state index contributed by atoms with van der Waals surface area (Å²) in [7, 11) is 1.94. The topological polar surface area (TPSA) is 58.4 Å². The zero-order valence-corrected chi connectivity index (χ0v) is 16.2. The van der Waals surface area contributed by atoms with E-state index in [1.54, 1.807) is 0 Å². The van der Waals surface area contributed by atoms with E-state index in [2.05, 4.69) is 4.98 Å². The molecule has 0 atom stereocenters. The SMILES string of the molecule is Cn1c(SCC(=O)N2CCN(C(=O)C3CC3)CC2)nc2cc(Cl)ccc21. The van der Waals surface area contributed by atoms with Crippen molar-refractivity contribution < 1.29 is 9.59 Å². The molecule has 0 N–H and O–H groups in total. The molecular weight excluding hydrogens is 372 g/mol. The van der Waals surface area contributed by atoms with Crippen molar-refractivity contribution in [1.29, 1.82) is 0 Å². The third-order valence-corrected chi connectivity index (χ3v) is 6.25. The Morgan fingerprint density at radius 3 is 2.58 bits per heavy atom. The van der Waals surface area contributed by atoms with E-state index in [1.165, 1.54) is 11.8 Å². The van der Waals surface area contributed by atoms with Crippen LogP contribution in [0.3, 0.4) is 0 Å². The molecule has 0 unspecified atom stereocenters. The highest BCUT2D eigenvalue weighted by molar-refractivity contribution is 7.99. The number of carbonyl (C=O) groups excluding carboxylic acids is 2. The lowest BCUT2D eigenvalue weighted by atomic mass is 10.2. The Bertz CT molecular complexity index is 856. The zero-order valence-electron chi connectivity index (χ0n) is 14.7. The summed E-state index contributed by atoms with van der Waals surface area (Å²) in [5, 5.41) is 1.46. The van der Waals surface area contributed by atoms with Gasteiger partial charge in [0.2, 0.25) is 11.8 Å². The molecule has 2 aliphatic rings. The van der Waals surface area contributed by atoms with Crippen LogP contribution in [-0.2, 0) is 16.6 Å². The second-order valence-corrected chi connectivity index (χ2v) is 8.23. The van der Waals surface area contributed by atoms with Crippen LogP contribution in [0.5, 0.6) is 0 Å². The van der Waals surface area contributed by atoms with Crippen LogP contribution < -0.4 is 0 Å². The van der Waals surface area contributed by atoms with Gasteiger partial charge in [-0.15, -0.1) is 0 Å². The van der Waals surface area contributed by atoms with Crippen molar-refractivity contribution in [2.75, 3.05) is 31.9 Å². The van der Waals surface area contributed by atoms with Crippen LogP contribution in [0.4, 0.5) is 0 Å². The molecule has 2 amide bonds. The number of hydrogen-bond acceptors (Lipinski definition) is 4. The Balaban J connectivity index is 1.33. The van der Waals surface area contributed by atoms with Crippen LogP contribution in [0.2, 0.25) is 5.02 Å². The minimum Gasteiger partial charge on any atom is -0.339 e. The molecule has 2 heterocycles. The molecule has 138 valence electrons. The second kappa shape index (κ2) is 7.12. The van der Waals surface area contributed by atoms with Gasteiger partial charge < -0.3 is 14.4 Å². The lowest BCUT2D eigenvalue weighted by molar-refractivity contribution is -0.139. The number of fused-ring (bicyclic) bond motifs is 1. The molecule has 4 rings (SSSR count). The fourth-order valence-corrected chi connectivity index (χ4v) is 4.32. The van der Waals surface area contributed by atoms with Crippen LogP contribution >= 0.6 is 23.4 Å². The summed E-state index contributed by atoms with van der Waals surface area (Å²) in [6.45, 7) is 2.54. The van der Waals surface area contributed by atoms with Gasteiger partial charge in [-0.25, -0.2) is 4.98 Å². The maximum absolute atomic E-state index is 12.5. The van der Waals surface area contributed by atoms with Crippen LogP contribution in [-0.4, -0.2) is 63.1 Å². The van der Waals surface area contributed by atoms with Crippen LogP contribution in [0.25, 0.3) is 11.0 Å². The van der Waals surface area contributed by atoms with Gasteiger partial charge in [-0.3, -0.25) is 9.59 Å². The average Bonchev–Trinajstić information content (AvgIpc) is 3.45. The van der Waals surface area contributed by atoms with Gasteiger partial charge in [0.25, 0.3) is 0 Å². The quantitative estimate of drug-likeness (QED) is 0.750. The fraction of sp³-hybridized carbons (Fsp3) is 0.500. The van der Waals surface area contributed by atoms with Crippen LogP contribution in [0.1, 0.15) is 12.8 Å². The molecule has 26 heavy (non-hydrogen) atoms. The molecular formula is C18H21ClN4O2S. The van der Waals surface area contributed by atoms with Crippen molar-refractivity contribution in [2.24, 2.45) is 13.0 Å². The number of benzene rings is 1. The number of halogens is 1. The predicted molar refractivity (Wildman–Crippen MR) is 102 cm³/mol. The lowest BCUT2D eigenvalue weighted by Gasteiger charge is -2.34. The highest BCUT2D eigenvalue weighted by Gasteiger charge is 2.35. The molecule has 1 saturated carbocycles. The molecule has 1 aromatic carbocycles. The van der Waals surface area contributed by atoms with Gasteiger partial charge in [0.05, 0.1) is 16.8 Å². The number of hydrogen-bond donors (Lipinski definition) is 0. The molecule has 2 aromatic rings. The van der Waals surface area contributed by atoms with Crippen LogP contribution in [0, 0.1) is 5.92 Å². The van der Waals surface area contributed by atoms with Gasteiger partial charge in [-0.1, -0.05) is 23.4 Å².